The molecule has 0 aliphatic carbocycles. The molecular weight excluding hydrogens is 248 g/mol. The second-order valence-electron chi connectivity index (χ2n) is 5.02. The van der Waals surface area contributed by atoms with E-state index in [4.69, 9.17) is 0 Å². The minimum absolute atomic E-state index is 0.0559. The molecule has 0 bridgehead atoms. The number of nitrogens with one attached hydrogen (secondary N) is 1. The fourth-order valence-corrected chi connectivity index (χ4v) is 2.09. The van der Waals surface area contributed by atoms with Crippen molar-refractivity contribution >= 4 is 6.03 Å². The maximum Gasteiger partial charge on any atom is 0.322 e. The van der Waals surface area contributed by atoms with Crippen LogP contribution in [0.1, 0.15) is 25.0 Å². The molecule has 20 heavy (non-hydrogen) atoms. The third-order valence-corrected chi connectivity index (χ3v) is 3.35. The van der Waals surface area contributed by atoms with Gasteiger partial charge in [0, 0.05) is 18.8 Å². The fourth-order valence-electron chi connectivity index (χ4n) is 2.09. The first-order chi connectivity index (χ1) is 9.60. The van der Waals surface area contributed by atoms with Gasteiger partial charge in [0.25, 0.3) is 0 Å². The number of benzene rings is 1. The van der Waals surface area contributed by atoms with Crippen LogP contribution in [0.15, 0.2) is 60.3 Å². The Morgan fingerprint density at radius 1 is 1.20 bits per heavy atom. The lowest BCUT2D eigenvalue weighted by molar-refractivity contribution is 0.201. The predicted molar refractivity (Wildman–Crippen MR) is 81.9 cm³/mol. The lowest BCUT2D eigenvalue weighted by Crippen LogP contribution is -2.35. The number of urea groups is 1. The van der Waals surface area contributed by atoms with E-state index in [2.05, 4.69) is 24.0 Å². The van der Waals surface area contributed by atoms with Gasteiger partial charge in [-0.25, -0.2) is 4.79 Å². The van der Waals surface area contributed by atoms with E-state index in [1.807, 2.05) is 43.0 Å². The van der Waals surface area contributed by atoms with Crippen LogP contribution in [-0.4, -0.2) is 10.9 Å². The van der Waals surface area contributed by atoms with Gasteiger partial charge in [0.1, 0.15) is 0 Å². The highest BCUT2D eigenvalue weighted by Gasteiger charge is 2.22. The van der Waals surface area contributed by atoms with E-state index in [9.17, 15) is 4.79 Å². The summed E-state index contributed by atoms with van der Waals surface area (Å²) in [5.74, 6) is 0. The van der Waals surface area contributed by atoms with Crippen molar-refractivity contribution in [2.45, 2.75) is 26.9 Å². The summed E-state index contributed by atoms with van der Waals surface area (Å²) in [5.41, 5.74) is 4.35. The van der Waals surface area contributed by atoms with Gasteiger partial charge in [0.15, 0.2) is 0 Å². The van der Waals surface area contributed by atoms with Gasteiger partial charge in [-0.2, -0.15) is 0 Å². The number of carbonyl (C=O) groups is 1. The Kier molecular flexibility index (Phi) is 4.41. The summed E-state index contributed by atoms with van der Waals surface area (Å²) >= 11 is 0. The summed E-state index contributed by atoms with van der Waals surface area (Å²) in [6.45, 7) is 8.90. The maximum absolute atomic E-state index is 12.2. The van der Waals surface area contributed by atoms with E-state index in [-0.39, 0.29) is 6.03 Å². The zero-order valence-electron chi connectivity index (χ0n) is 12.0. The molecule has 0 unspecified atom stereocenters. The highest BCUT2D eigenvalue weighted by atomic mass is 16.2. The molecule has 3 heteroatoms. The van der Waals surface area contributed by atoms with Gasteiger partial charge in [-0.15, -0.1) is 0 Å². The molecule has 0 saturated carbocycles. The number of carbonyl (C=O) groups excluding carboxylic acids is 1. The first-order valence-electron chi connectivity index (χ1n) is 6.70. The van der Waals surface area contributed by atoms with E-state index in [0.29, 0.717) is 13.1 Å². The van der Waals surface area contributed by atoms with Crippen molar-refractivity contribution in [1.29, 1.82) is 0 Å². The van der Waals surface area contributed by atoms with Crippen molar-refractivity contribution < 1.29 is 4.79 Å². The smallest absolute Gasteiger partial charge is 0.316 e. The Morgan fingerprint density at radius 2 is 1.80 bits per heavy atom. The molecule has 0 radical (unpaired) electrons. The average Bonchev–Trinajstić information content (AvgIpc) is 2.88. The van der Waals surface area contributed by atoms with E-state index < -0.39 is 0 Å². The third-order valence-electron chi connectivity index (χ3n) is 3.35. The molecule has 0 saturated heterocycles. The molecule has 1 aromatic rings. The molecule has 1 N–H and O–H groups in total. The van der Waals surface area contributed by atoms with Crippen molar-refractivity contribution in [1.82, 2.24) is 10.2 Å². The minimum Gasteiger partial charge on any atom is -0.316 e. The van der Waals surface area contributed by atoms with Crippen LogP contribution in [0.3, 0.4) is 0 Å². The zero-order chi connectivity index (χ0) is 14.5. The summed E-state index contributed by atoms with van der Waals surface area (Å²) in [5, 5.41) is 2.91. The summed E-state index contributed by atoms with van der Waals surface area (Å²) < 4.78 is 0. The van der Waals surface area contributed by atoms with Crippen molar-refractivity contribution in [2.75, 3.05) is 0 Å². The van der Waals surface area contributed by atoms with Gasteiger partial charge < -0.3 is 10.2 Å². The van der Waals surface area contributed by atoms with Gasteiger partial charge in [-0.3, -0.25) is 0 Å². The molecule has 0 atom stereocenters. The predicted octanol–water partition coefficient (Wildman–Crippen LogP) is 3.75. The monoisotopic (exact) mass is 268 g/mol. The number of rotatable bonds is 3. The molecular formula is C17H20N2O. The Balaban J connectivity index is 1.96. The molecule has 1 heterocycles. The Morgan fingerprint density at radius 3 is 2.35 bits per heavy atom. The Bertz CT molecular complexity index is 559. The summed E-state index contributed by atoms with van der Waals surface area (Å²) in [7, 11) is 0. The van der Waals surface area contributed by atoms with Crippen LogP contribution in [0.25, 0.3) is 0 Å². The topological polar surface area (TPSA) is 32.3 Å². The first-order valence-corrected chi connectivity index (χ1v) is 6.70. The molecule has 1 aliphatic rings. The van der Waals surface area contributed by atoms with Crippen molar-refractivity contribution in [3.05, 3.63) is 71.5 Å². The molecule has 0 aromatic heterocycles. The second-order valence-corrected chi connectivity index (χ2v) is 5.02. The highest BCUT2D eigenvalue weighted by molar-refractivity contribution is 5.76. The van der Waals surface area contributed by atoms with Crippen molar-refractivity contribution in [3.8, 4) is 0 Å². The molecule has 104 valence electrons. The van der Waals surface area contributed by atoms with Crippen LogP contribution >= 0.6 is 0 Å². The largest absolute Gasteiger partial charge is 0.322 e. The molecule has 2 rings (SSSR count). The van der Waals surface area contributed by atoms with Crippen LogP contribution in [0.4, 0.5) is 4.79 Å². The maximum atomic E-state index is 12.2. The number of fused-ring (bicyclic) bond motifs is 1. The highest BCUT2D eigenvalue weighted by Crippen LogP contribution is 2.22. The zero-order valence-corrected chi connectivity index (χ0v) is 12.0. The summed E-state index contributed by atoms with van der Waals surface area (Å²) in [6, 6.07) is 8.10. The van der Waals surface area contributed by atoms with E-state index in [1.54, 1.807) is 6.08 Å². The van der Waals surface area contributed by atoms with Crippen LogP contribution in [0.2, 0.25) is 0 Å². The van der Waals surface area contributed by atoms with Gasteiger partial charge in [-0.1, -0.05) is 48.6 Å². The lowest BCUT2D eigenvalue weighted by atomic mass is 10.1. The first kappa shape index (κ1) is 14.1. The summed E-state index contributed by atoms with van der Waals surface area (Å²) in [4.78, 5) is 14.0. The van der Waals surface area contributed by atoms with E-state index in [1.165, 1.54) is 11.1 Å². The average molecular weight is 268 g/mol. The number of hydrogen-bond acceptors (Lipinski definition) is 1. The number of hydrogen-bond donors (Lipinski definition) is 1. The van der Waals surface area contributed by atoms with Gasteiger partial charge >= 0.3 is 6.03 Å². The van der Waals surface area contributed by atoms with Crippen LogP contribution in [0, 0.1) is 0 Å². The quantitative estimate of drug-likeness (QED) is 0.832. The van der Waals surface area contributed by atoms with Crippen molar-refractivity contribution in [3.63, 3.8) is 0 Å². The van der Waals surface area contributed by atoms with Crippen molar-refractivity contribution in [2.24, 2.45) is 0 Å². The van der Waals surface area contributed by atoms with Crippen LogP contribution < -0.4 is 5.32 Å². The molecule has 2 amide bonds. The number of amides is 2. The standard InChI is InChI=1S/C17H20N2O/c1-4-13(2)9-10-14(3)18-17(20)19-11-15-7-5-6-8-16(15)12-19/h4-10H,1,11-12H2,2-3H3,(H,18,20)/b13-9-,14-10+. The molecule has 0 fully saturated rings. The number of nitrogens with zero attached hydrogens (tertiary/aromatic N) is 1. The van der Waals surface area contributed by atoms with Gasteiger partial charge in [0.2, 0.25) is 0 Å². The van der Waals surface area contributed by atoms with Crippen LogP contribution in [0.5, 0.6) is 0 Å². The minimum atomic E-state index is -0.0559. The molecule has 1 aliphatic heterocycles. The Labute approximate surface area is 120 Å². The van der Waals surface area contributed by atoms with E-state index in [0.717, 1.165) is 11.3 Å². The fraction of sp³-hybridized carbons (Fsp3) is 0.235. The van der Waals surface area contributed by atoms with Crippen LogP contribution in [-0.2, 0) is 13.1 Å². The third kappa shape index (κ3) is 3.38. The lowest BCUT2D eigenvalue weighted by Gasteiger charge is -2.16. The SMILES string of the molecule is C=C/C(C)=C\C=C(/C)NC(=O)N1Cc2ccccc2C1. The summed E-state index contributed by atoms with van der Waals surface area (Å²) in [6.07, 6.45) is 5.60. The number of allylic oxidation sites excluding steroid dienone is 5. The molecule has 3 nitrogen and oxygen atoms in total. The molecule has 1 aromatic carbocycles. The van der Waals surface area contributed by atoms with E-state index >= 15 is 0 Å². The molecule has 0 spiro atoms. The van der Waals surface area contributed by atoms with Gasteiger partial charge in [-0.05, 0) is 31.1 Å². The second kappa shape index (κ2) is 6.24. The van der Waals surface area contributed by atoms with Gasteiger partial charge in [0.05, 0.1) is 0 Å². The normalized spacial score (nSPS) is 15.0. The Hall–Kier alpha value is -2.29.